The molecule has 2 fully saturated rings. The lowest BCUT2D eigenvalue weighted by atomic mass is 9.62. The maximum absolute atomic E-state index is 12.3. The second-order valence-electron chi connectivity index (χ2n) is 8.05. The fourth-order valence-electron chi connectivity index (χ4n) is 4.33. The van der Waals surface area contributed by atoms with Gasteiger partial charge in [0.05, 0.1) is 23.2 Å². The van der Waals surface area contributed by atoms with Gasteiger partial charge in [-0.3, -0.25) is 9.59 Å². The van der Waals surface area contributed by atoms with E-state index in [0.717, 1.165) is 43.6 Å². The van der Waals surface area contributed by atoms with Gasteiger partial charge in [-0.25, -0.2) is 0 Å². The van der Waals surface area contributed by atoms with E-state index in [4.69, 9.17) is 5.11 Å². The molecule has 0 aliphatic heterocycles. The van der Waals surface area contributed by atoms with Gasteiger partial charge in [0.2, 0.25) is 0 Å². The van der Waals surface area contributed by atoms with E-state index in [0.29, 0.717) is 6.42 Å². The third kappa shape index (κ3) is 6.51. The van der Waals surface area contributed by atoms with Crippen molar-refractivity contribution in [3.05, 3.63) is 12.2 Å². The Balaban J connectivity index is 1.79. The molecule has 4 atom stereocenters. The Labute approximate surface area is 176 Å². The number of carboxylic acids is 1. The SMILES string of the molecule is CCCC1(C(O)C/C=C/[C@H]2[C@H](O)CC(=O)[C@@H]2SCCCSCC(=O)O)CCC1. The van der Waals surface area contributed by atoms with E-state index in [9.17, 15) is 19.8 Å². The molecule has 2 rings (SSSR count). The number of aliphatic carboxylic acids is 1. The van der Waals surface area contributed by atoms with Gasteiger partial charge in [-0.1, -0.05) is 31.9 Å². The van der Waals surface area contributed by atoms with E-state index in [-0.39, 0.29) is 40.6 Å². The molecule has 0 spiro atoms. The van der Waals surface area contributed by atoms with Crippen molar-refractivity contribution in [1.82, 2.24) is 0 Å². The van der Waals surface area contributed by atoms with Crippen LogP contribution in [0, 0.1) is 11.3 Å². The van der Waals surface area contributed by atoms with Gasteiger partial charge in [-0.05, 0) is 49.0 Å². The Kier molecular flexibility index (Phi) is 9.87. The summed E-state index contributed by atoms with van der Waals surface area (Å²) in [4.78, 5) is 22.8. The average molecular weight is 431 g/mol. The number of carboxylic acid groups (broad SMARTS) is 1. The van der Waals surface area contributed by atoms with Crippen LogP contribution in [-0.4, -0.2) is 61.8 Å². The van der Waals surface area contributed by atoms with Crippen molar-refractivity contribution in [3.8, 4) is 0 Å². The van der Waals surface area contributed by atoms with Crippen LogP contribution < -0.4 is 0 Å². The first-order valence-corrected chi connectivity index (χ1v) is 12.6. The molecule has 0 bridgehead atoms. The standard InChI is InChI=1S/C21H34O5S2/c1-2-8-21(9-4-10-21)18(24)7-3-6-15-16(22)13-17(23)20(15)28-12-5-11-27-14-19(25)26/h3,6,15-16,18,20,22,24H,2,4-5,7-14H2,1H3,(H,25,26)/b6-3+/t15-,16+,18?,20+/m0/s1. The Morgan fingerprint density at radius 3 is 2.71 bits per heavy atom. The van der Waals surface area contributed by atoms with E-state index >= 15 is 0 Å². The van der Waals surface area contributed by atoms with E-state index < -0.39 is 12.1 Å². The largest absolute Gasteiger partial charge is 0.481 e. The summed E-state index contributed by atoms with van der Waals surface area (Å²) in [5.41, 5.74) is 0.0744. The van der Waals surface area contributed by atoms with Crippen LogP contribution in [0.1, 0.15) is 58.3 Å². The summed E-state index contributed by atoms with van der Waals surface area (Å²) < 4.78 is 0. The smallest absolute Gasteiger partial charge is 0.313 e. The minimum Gasteiger partial charge on any atom is -0.481 e. The topological polar surface area (TPSA) is 94.8 Å². The molecule has 7 heteroatoms. The fraction of sp³-hybridized carbons (Fsp3) is 0.810. The molecule has 0 aromatic carbocycles. The van der Waals surface area contributed by atoms with Crippen LogP contribution in [0.15, 0.2) is 12.2 Å². The van der Waals surface area contributed by atoms with Crippen LogP contribution in [0.3, 0.4) is 0 Å². The summed E-state index contributed by atoms with van der Waals surface area (Å²) in [7, 11) is 0. The highest BCUT2D eigenvalue weighted by atomic mass is 32.2. The van der Waals surface area contributed by atoms with E-state index in [2.05, 4.69) is 6.92 Å². The number of thioether (sulfide) groups is 2. The third-order valence-corrected chi connectivity index (χ3v) is 8.49. The van der Waals surface area contributed by atoms with E-state index in [1.54, 1.807) is 11.8 Å². The van der Waals surface area contributed by atoms with E-state index in [1.807, 2.05) is 12.2 Å². The predicted octanol–water partition coefficient (Wildman–Crippen LogP) is 3.52. The van der Waals surface area contributed by atoms with Crippen molar-refractivity contribution in [2.45, 2.75) is 75.7 Å². The highest BCUT2D eigenvalue weighted by molar-refractivity contribution is 8.01. The summed E-state index contributed by atoms with van der Waals surface area (Å²) in [6, 6.07) is 0. The summed E-state index contributed by atoms with van der Waals surface area (Å²) in [6.45, 7) is 2.16. The Morgan fingerprint density at radius 2 is 2.11 bits per heavy atom. The Hall–Kier alpha value is -0.500. The van der Waals surface area contributed by atoms with Crippen LogP contribution in [0.25, 0.3) is 0 Å². The van der Waals surface area contributed by atoms with Gasteiger partial charge in [0, 0.05) is 12.3 Å². The zero-order chi connectivity index (χ0) is 20.6. The minimum atomic E-state index is -0.804. The predicted molar refractivity (Wildman–Crippen MR) is 116 cm³/mol. The van der Waals surface area contributed by atoms with Crippen molar-refractivity contribution in [2.24, 2.45) is 11.3 Å². The number of hydrogen-bond acceptors (Lipinski definition) is 6. The lowest BCUT2D eigenvalue weighted by Gasteiger charge is -2.45. The molecule has 1 unspecified atom stereocenters. The number of carbonyl (C=O) groups excluding carboxylic acids is 1. The molecule has 28 heavy (non-hydrogen) atoms. The van der Waals surface area contributed by atoms with Gasteiger partial charge < -0.3 is 15.3 Å². The number of ketones is 1. The third-order valence-electron chi connectivity index (χ3n) is 6.00. The number of rotatable bonds is 13. The molecule has 0 radical (unpaired) electrons. The molecule has 160 valence electrons. The molecular formula is C21H34O5S2. The molecule has 0 amide bonds. The lowest BCUT2D eigenvalue weighted by molar-refractivity contribution is -0.133. The summed E-state index contributed by atoms with van der Waals surface area (Å²) in [6.07, 6.45) is 10.1. The van der Waals surface area contributed by atoms with E-state index in [1.165, 1.54) is 18.2 Å². The van der Waals surface area contributed by atoms with Crippen molar-refractivity contribution in [1.29, 1.82) is 0 Å². The second kappa shape index (κ2) is 11.6. The normalized spacial score (nSPS) is 27.8. The summed E-state index contributed by atoms with van der Waals surface area (Å²) in [5, 5.41) is 29.3. The maximum atomic E-state index is 12.3. The number of aliphatic hydroxyl groups is 2. The van der Waals surface area contributed by atoms with Crippen LogP contribution in [0.5, 0.6) is 0 Å². The number of hydrogen-bond donors (Lipinski definition) is 3. The highest BCUT2D eigenvalue weighted by Gasteiger charge is 2.42. The monoisotopic (exact) mass is 430 g/mol. The molecule has 0 aromatic rings. The fourth-order valence-corrected chi connectivity index (χ4v) is 6.52. The van der Waals surface area contributed by atoms with Crippen molar-refractivity contribution >= 4 is 35.3 Å². The van der Waals surface area contributed by atoms with Gasteiger partial charge in [0.15, 0.2) is 0 Å². The Morgan fingerprint density at radius 1 is 1.36 bits per heavy atom. The molecule has 0 heterocycles. The Bertz CT molecular complexity index is 547. The van der Waals surface area contributed by atoms with Crippen molar-refractivity contribution in [2.75, 3.05) is 17.3 Å². The molecule has 2 saturated carbocycles. The number of aliphatic hydroxyl groups excluding tert-OH is 2. The highest BCUT2D eigenvalue weighted by Crippen LogP contribution is 2.48. The maximum Gasteiger partial charge on any atom is 0.313 e. The van der Waals surface area contributed by atoms with Crippen molar-refractivity contribution in [3.63, 3.8) is 0 Å². The van der Waals surface area contributed by atoms with Gasteiger partial charge in [-0.15, -0.1) is 11.8 Å². The van der Waals surface area contributed by atoms with Gasteiger partial charge >= 0.3 is 5.97 Å². The van der Waals surface area contributed by atoms with Gasteiger partial charge in [-0.2, -0.15) is 11.8 Å². The summed E-state index contributed by atoms with van der Waals surface area (Å²) >= 11 is 2.95. The zero-order valence-electron chi connectivity index (χ0n) is 16.7. The van der Waals surface area contributed by atoms with Gasteiger partial charge in [0.1, 0.15) is 5.78 Å². The average Bonchev–Trinajstić information content (AvgIpc) is 2.87. The van der Waals surface area contributed by atoms with Crippen LogP contribution in [0.2, 0.25) is 0 Å². The molecule has 0 saturated heterocycles. The molecule has 5 nitrogen and oxygen atoms in total. The van der Waals surface area contributed by atoms with Crippen LogP contribution >= 0.6 is 23.5 Å². The number of Topliss-reactive ketones (excluding diaryl/α,β-unsaturated/α-hetero) is 1. The van der Waals surface area contributed by atoms with Crippen LogP contribution in [-0.2, 0) is 9.59 Å². The number of carbonyl (C=O) groups is 2. The second-order valence-corrected chi connectivity index (χ2v) is 10.4. The molecule has 2 aliphatic carbocycles. The quantitative estimate of drug-likeness (QED) is 0.304. The molecule has 0 aromatic heterocycles. The van der Waals surface area contributed by atoms with Crippen molar-refractivity contribution < 1.29 is 24.9 Å². The minimum absolute atomic E-state index is 0.0744. The molecule has 3 N–H and O–H groups in total. The van der Waals surface area contributed by atoms with Gasteiger partial charge in [0.25, 0.3) is 0 Å². The zero-order valence-corrected chi connectivity index (χ0v) is 18.3. The first-order chi connectivity index (χ1) is 13.4. The van der Waals surface area contributed by atoms with Crippen LogP contribution in [0.4, 0.5) is 0 Å². The lowest BCUT2D eigenvalue weighted by Crippen LogP contribution is -2.41. The summed E-state index contributed by atoms with van der Waals surface area (Å²) in [5.74, 6) is 0.741. The molecule has 2 aliphatic rings. The first-order valence-electron chi connectivity index (χ1n) is 10.4. The molecular weight excluding hydrogens is 396 g/mol. The first kappa shape index (κ1) is 23.8.